The summed E-state index contributed by atoms with van der Waals surface area (Å²) in [5.41, 5.74) is 2.47. The van der Waals surface area contributed by atoms with Gasteiger partial charge in [0.2, 0.25) is 5.91 Å². The zero-order chi connectivity index (χ0) is 19.2. The number of anilines is 1. The van der Waals surface area contributed by atoms with E-state index >= 15 is 0 Å². The van der Waals surface area contributed by atoms with Crippen molar-refractivity contribution < 1.29 is 4.79 Å². The van der Waals surface area contributed by atoms with Gasteiger partial charge < -0.3 is 5.32 Å². The summed E-state index contributed by atoms with van der Waals surface area (Å²) in [4.78, 5) is 24.9. The molecule has 1 heterocycles. The maximum atomic E-state index is 12.6. The average molecular weight is 363 g/mol. The van der Waals surface area contributed by atoms with Gasteiger partial charge in [0.1, 0.15) is 6.54 Å². The Morgan fingerprint density at radius 2 is 1.74 bits per heavy atom. The molecule has 140 valence electrons. The summed E-state index contributed by atoms with van der Waals surface area (Å²) in [6, 6.07) is 15.2. The Labute approximate surface area is 159 Å². The van der Waals surface area contributed by atoms with Gasteiger partial charge in [0.15, 0.2) is 0 Å². The molecule has 0 aliphatic carbocycles. The predicted octanol–water partition coefficient (Wildman–Crippen LogP) is 4.08. The molecule has 0 atom stereocenters. The Morgan fingerprint density at radius 3 is 2.44 bits per heavy atom. The van der Waals surface area contributed by atoms with Gasteiger partial charge in [-0.1, -0.05) is 50.1 Å². The molecule has 3 aromatic rings. The smallest absolute Gasteiger partial charge is 0.275 e. The molecule has 0 fully saturated rings. The summed E-state index contributed by atoms with van der Waals surface area (Å²) in [6.07, 6.45) is 4.66. The number of nitrogens with zero attached hydrogens (tertiary/aromatic N) is 2. The molecule has 3 rings (SSSR count). The Bertz CT molecular complexity index is 991. The summed E-state index contributed by atoms with van der Waals surface area (Å²) in [5, 5.41) is 8.52. The highest BCUT2D eigenvalue weighted by molar-refractivity contribution is 5.91. The number of unbranched alkanes of at least 4 members (excludes halogenated alkanes) is 2. The molecule has 0 aliphatic rings. The van der Waals surface area contributed by atoms with Crippen LogP contribution in [-0.4, -0.2) is 15.7 Å². The highest BCUT2D eigenvalue weighted by Gasteiger charge is 2.11. The molecule has 0 spiro atoms. The summed E-state index contributed by atoms with van der Waals surface area (Å²) in [6.45, 7) is 3.92. The number of carbonyl (C=O) groups is 1. The van der Waals surface area contributed by atoms with Crippen molar-refractivity contribution >= 4 is 22.4 Å². The third kappa shape index (κ3) is 4.61. The number of benzene rings is 2. The molecular formula is C22H25N3O2. The molecule has 1 amide bonds. The van der Waals surface area contributed by atoms with E-state index in [0.717, 1.165) is 23.2 Å². The van der Waals surface area contributed by atoms with Crippen molar-refractivity contribution in [3.63, 3.8) is 0 Å². The van der Waals surface area contributed by atoms with E-state index in [1.165, 1.54) is 29.5 Å². The fourth-order valence-corrected chi connectivity index (χ4v) is 3.18. The van der Waals surface area contributed by atoms with E-state index in [9.17, 15) is 9.59 Å². The van der Waals surface area contributed by atoms with Gasteiger partial charge in [0.05, 0.1) is 11.1 Å². The molecule has 1 N–H and O–H groups in total. The summed E-state index contributed by atoms with van der Waals surface area (Å²) in [7, 11) is 0. The topological polar surface area (TPSA) is 64.0 Å². The first-order chi connectivity index (χ1) is 13.1. The second kappa shape index (κ2) is 8.62. The van der Waals surface area contributed by atoms with E-state index in [4.69, 9.17) is 0 Å². The van der Waals surface area contributed by atoms with Gasteiger partial charge in [-0.25, -0.2) is 4.68 Å². The van der Waals surface area contributed by atoms with Gasteiger partial charge in [0, 0.05) is 11.1 Å². The van der Waals surface area contributed by atoms with Crippen LogP contribution >= 0.6 is 0 Å². The van der Waals surface area contributed by atoms with Crippen molar-refractivity contribution in [1.82, 2.24) is 9.78 Å². The Kier molecular flexibility index (Phi) is 6.01. The number of carbonyl (C=O) groups excluding carboxylic acids is 1. The van der Waals surface area contributed by atoms with Crippen molar-refractivity contribution in [3.05, 3.63) is 70.1 Å². The molecule has 0 unspecified atom stereocenters. The van der Waals surface area contributed by atoms with Crippen LogP contribution < -0.4 is 10.9 Å². The lowest BCUT2D eigenvalue weighted by atomic mass is 10.1. The van der Waals surface area contributed by atoms with Gasteiger partial charge in [-0.15, -0.1) is 0 Å². The number of rotatable bonds is 7. The van der Waals surface area contributed by atoms with Gasteiger partial charge in [-0.05, 0) is 43.5 Å². The van der Waals surface area contributed by atoms with Crippen LogP contribution in [0.3, 0.4) is 0 Å². The van der Waals surface area contributed by atoms with Gasteiger partial charge in [-0.2, -0.15) is 5.10 Å². The van der Waals surface area contributed by atoms with Crippen molar-refractivity contribution in [1.29, 1.82) is 0 Å². The minimum atomic E-state index is -0.266. The first-order valence-corrected chi connectivity index (χ1v) is 9.43. The zero-order valence-corrected chi connectivity index (χ0v) is 15.9. The fourth-order valence-electron chi connectivity index (χ4n) is 3.18. The molecule has 0 bridgehead atoms. The maximum Gasteiger partial charge on any atom is 0.275 e. The lowest BCUT2D eigenvalue weighted by Crippen LogP contribution is -2.30. The van der Waals surface area contributed by atoms with Crippen LogP contribution in [0, 0.1) is 6.92 Å². The predicted molar refractivity (Wildman–Crippen MR) is 109 cm³/mol. The van der Waals surface area contributed by atoms with E-state index in [0.29, 0.717) is 5.39 Å². The van der Waals surface area contributed by atoms with E-state index in [1.54, 1.807) is 6.07 Å². The molecular weight excluding hydrogens is 338 g/mol. The molecule has 5 heteroatoms. The summed E-state index contributed by atoms with van der Waals surface area (Å²) < 4.78 is 1.23. The highest BCUT2D eigenvalue weighted by atomic mass is 16.2. The summed E-state index contributed by atoms with van der Waals surface area (Å²) >= 11 is 0. The SMILES string of the molecule is CCCCCc1ccc(NC(=O)Cn2nc(C)c3ccccc3c2=O)cc1. The molecule has 0 saturated carbocycles. The van der Waals surface area contributed by atoms with Gasteiger partial charge in [0.25, 0.3) is 5.56 Å². The number of fused-ring (bicyclic) bond motifs is 1. The Hall–Kier alpha value is -2.95. The van der Waals surface area contributed by atoms with Gasteiger partial charge in [-0.3, -0.25) is 9.59 Å². The van der Waals surface area contributed by atoms with Crippen LogP contribution in [0.5, 0.6) is 0 Å². The largest absolute Gasteiger partial charge is 0.324 e. The number of hydrogen-bond acceptors (Lipinski definition) is 3. The third-order valence-corrected chi connectivity index (χ3v) is 4.65. The van der Waals surface area contributed by atoms with Gasteiger partial charge >= 0.3 is 0 Å². The van der Waals surface area contributed by atoms with Crippen molar-refractivity contribution in [2.75, 3.05) is 5.32 Å². The van der Waals surface area contributed by atoms with Crippen LogP contribution in [0.15, 0.2) is 53.3 Å². The Balaban J connectivity index is 1.68. The zero-order valence-electron chi connectivity index (χ0n) is 15.9. The molecule has 5 nitrogen and oxygen atoms in total. The molecule has 0 aliphatic heterocycles. The third-order valence-electron chi connectivity index (χ3n) is 4.65. The number of nitrogens with one attached hydrogen (secondary N) is 1. The first-order valence-electron chi connectivity index (χ1n) is 9.43. The number of hydrogen-bond donors (Lipinski definition) is 1. The van der Waals surface area contributed by atoms with Crippen molar-refractivity contribution in [2.24, 2.45) is 0 Å². The fraction of sp³-hybridized carbons (Fsp3) is 0.318. The lowest BCUT2D eigenvalue weighted by molar-refractivity contribution is -0.117. The minimum absolute atomic E-state index is 0.108. The van der Waals surface area contributed by atoms with E-state index in [-0.39, 0.29) is 18.0 Å². The van der Waals surface area contributed by atoms with Crippen LogP contribution in [0.2, 0.25) is 0 Å². The van der Waals surface area contributed by atoms with Crippen LogP contribution in [0.4, 0.5) is 5.69 Å². The Morgan fingerprint density at radius 1 is 1.04 bits per heavy atom. The minimum Gasteiger partial charge on any atom is -0.324 e. The molecule has 27 heavy (non-hydrogen) atoms. The monoisotopic (exact) mass is 363 g/mol. The second-order valence-corrected chi connectivity index (χ2v) is 6.80. The molecule has 0 saturated heterocycles. The lowest BCUT2D eigenvalue weighted by Gasteiger charge is -2.10. The van der Waals surface area contributed by atoms with Crippen molar-refractivity contribution in [2.45, 2.75) is 46.1 Å². The van der Waals surface area contributed by atoms with Crippen molar-refractivity contribution in [3.8, 4) is 0 Å². The number of aromatic nitrogens is 2. The standard InChI is InChI=1S/C22H25N3O2/c1-3-4-5-8-17-11-13-18(14-12-17)23-21(26)15-25-22(27)20-10-7-6-9-19(20)16(2)24-25/h6-7,9-14H,3-5,8,15H2,1-2H3,(H,23,26). The van der Waals surface area contributed by atoms with E-state index in [1.807, 2.05) is 49.4 Å². The highest BCUT2D eigenvalue weighted by Crippen LogP contribution is 2.13. The summed E-state index contributed by atoms with van der Waals surface area (Å²) in [5.74, 6) is -0.266. The molecule has 2 aromatic carbocycles. The molecule has 1 aromatic heterocycles. The molecule has 0 radical (unpaired) electrons. The van der Waals surface area contributed by atoms with E-state index < -0.39 is 0 Å². The average Bonchev–Trinajstić information content (AvgIpc) is 2.67. The first kappa shape index (κ1) is 18.8. The van der Waals surface area contributed by atoms with Crippen LogP contribution in [-0.2, 0) is 17.8 Å². The second-order valence-electron chi connectivity index (χ2n) is 6.80. The quantitative estimate of drug-likeness (QED) is 0.644. The normalized spacial score (nSPS) is 10.9. The maximum absolute atomic E-state index is 12.6. The van der Waals surface area contributed by atoms with E-state index in [2.05, 4.69) is 17.3 Å². The van der Waals surface area contributed by atoms with Crippen LogP contribution in [0.25, 0.3) is 10.8 Å². The number of aryl methyl sites for hydroxylation is 2. The number of amides is 1. The van der Waals surface area contributed by atoms with Crippen LogP contribution in [0.1, 0.15) is 37.4 Å².